The maximum atomic E-state index is 14.7. The molecule has 330 valence electrons. The number of nitrogen functional groups attached to an aromatic ring is 1. The van der Waals surface area contributed by atoms with Crippen LogP contribution < -0.4 is 30.8 Å². The van der Waals surface area contributed by atoms with Crippen molar-refractivity contribution in [3.63, 3.8) is 0 Å². The van der Waals surface area contributed by atoms with E-state index >= 15 is 0 Å². The van der Waals surface area contributed by atoms with Gasteiger partial charge in [-0.05, 0) is 106 Å². The van der Waals surface area contributed by atoms with E-state index in [1.165, 1.54) is 12.1 Å². The minimum absolute atomic E-state index is 0.0111. The first-order chi connectivity index (χ1) is 30.1. The molecule has 4 N–H and O–H groups in total. The van der Waals surface area contributed by atoms with Crippen LogP contribution in [-0.2, 0) is 29.2 Å². The summed E-state index contributed by atoms with van der Waals surface area (Å²) >= 11 is 0. The first-order valence-electron chi connectivity index (χ1n) is 21.1. The van der Waals surface area contributed by atoms with E-state index in [1.807, 2.05) is 17.0 Å². The van der Waals surface area contributed by atoms with Crippen molar-refractivity contribution in [2.24, 2.45) is 5.41 Å². The second-order valence-corrected chi connectivity index (χ2v) is 19.1. The lowest BCUT2D eigenvalue weighted by atomic mass is 9.83. The molecular formula is C44H47FN8O9S. The molecule has 0 bridgehead atoms. The van der Waals surface area contributed by atoms with E-state index in [-0.39, 0.29) is 76.2 Å². The zero-order chi connectivity index (χ0) is 44.3. The van der Waals surface area contributed by atoms with E-state index < -0.39 is 33.5 Å². The fraction of sp³-hybridized carbons (Fsp3) is 0.455. The summed E-state index contributed by atoms with van der Waals surface area (Å²) in [5.74, 6) is -1.44. The Morgan fingerprint density at radius 1 is 1.08 bits per heavy atom. The summed E-state index contributed by atoms with van der Waals surface area (Å²) in [6.07, 6.45) is 7.32. The molecule has 3 amide bonds. The highest BCUT2D eigenvalue weighted by Gasteiger charge is 2.64. The number of hydrogen-bond donors (Lipinski definition) is 3. The number of carbonyl (C=O) groups excluding carboxylic acids is 3. The Labute approximate surface area is 362 Å². The summed E-state index contributed by atoms with van der Waals surface area (Å²) in [6, 6.07) is 13.4. The van der Waals surface area contributed by atoms with Gasteiger partial charge < -0.3 is 29.6 Å². The summed E-state index contributed by atoms with van der Waals surface area (Å²) in [5, 5.41) is 15.2. The lowest BCUT2D eigenvalue weighted by molar-refractivity contribution is -0.137. The van der Waals surface area contributed by atoms with E-state index in [1.54, 1.807) is 35.2 Å². The molecule has 5 aliphatic rings. The van der Waals surface area contributed by atoms with Gasteiger partial charge in [-0.3, -0.25) is 34.0 Å². The SMILES string of the molecule is CS(=O)(=O)Oc1cc(NC2CCC(=O)NC2=O)ccc1C1CCN(CC(=O)N2CCC3(CC2)C[C@@]2(CO3)CC2n2cnc3ccc(Oc4c(F)ccc(N)c4C#N)cc3c2=O)CC1. The van der Waals surface area contributed by atoms with E-state index in [0.29, 0.717) is 81.5 Å². The summed E-state index contributed by atoms with van der Waals surface area (Å²) in [6.45, 7) is 3.15. The van der Waals surface area contributed by atoms with Gasteiger partial charge in [-0.1, -0.05) is 6.07 Å². The molecule has 4 aliphatic heterocycles. The molecule has 2 unspecified atom stereocenters. The number of amides is 3. The lowest BCUT2D eigenvalue weighted by Gasteiger charge is -2.40. The van der Waals surface area contributed by atoms with Crippen molar-refractivity contribution in [3.8, 4) is 23.3 Å². The molecule has 17 nitrogen and oxygen atoms in total. The third kappa shape index (κ3) is 8.54. The number of rotatable bonds is 10. The number of hydrogen-bond acceptors (Lipinski definition) is 14. The van der Waals surface area contributed by atoms with Crippen LogP contribution in [0.2, 0.25) is 0 Å². The van der Waals surface area contributed by atoms with Gasteiger partial charge in [0.05, 0.1) is 47.9 Å². The molecule has 1 aromatic heterocycles. The quantitative estimate of drug-likeness (QED) is 0.117. The Balaban J connectivity index is 0.784. The minimum Gasteiger partial charge on any atom is -0.453 e. The van der Waals surface area contributed by atoms with Crippen molar-refractivity contribution in [3.05, 3.63) is 82.2 Å². The highest BCUT2D eigenvalue weighted by atomic mass is 32.2. The van der Waals surface area contributed by atoms with E-state index in [4.69, 9.17) is 19.4 Å². The molecule has 1 saturated carbocycles. The Hall–Kier alpha value is -6.10. The van der Waals surface area contributed by atoms with Crippen molar-refractivity contribution >= 4 is 50.1 Å². The molecule has 5 fully saturated rings. The third-order valence-electron chi connectivity index (χ3n) is 13.3. The zero-order valence-electron chi connectivity index (χ0n) is 34.6. The molecule has 9 rings (SSSR count). The number of halogens is 1. The summed E-state index contributed by atoms with van der Waals surface area (Å²) < 4.78 is 58.5. The standard InChI is InChI=1S/C44H47FN8O9S/c1-63(58,59)62-36-18-27(49-35-8-9-38(54)50-41(35)56)2-4-29(36)26-10-14-51(15-11-26)22-39(55)52-16-12-44(13-17-52)23-43(24-60-44)20-37(43)53-25-48-34-7-3-28(19-30(34)42(53)57)61-40-31(21-46)33(47)6-5-32(40)45/h2-7,18-19,25-26,35,37,49H,8-17,20,22-24,47H2,1H3,(H,50,54,56)/t35?,37?,43-/m1/s1. The topological polar surface area (TPSA) is 228 Å². The molecule has 19 heteroatoms. The molecule has 3 aromatic carbocycles. The monoisotopic (exact) mass is 882 g/mol. The summed E-state index contributed by atoms with van der Waals surface area (Å²) in [5.41, 5.74) is 6.61. The number of imide groups is 1. The van der Waals surface area contributed by atoms with Crippen molar-refractivity contribution in [2.75, 3.05) is 56.6 Å². The van der Waals surface area contributed by atoms with Crippen molar-refractivity contribution < 1.29 is 40.8 Å². The average molecular weight is 883 g/mol. The van der Waals surface area contributed by atoms with Crippen molar-refractivity contribution in [1.82, 2.24) is 24.7 Å². The fourth-order valence-corrected chi connectivity index (χ4v) is 10.3. The highest BCUT2D eigenvalue weighted by molar-refractivity contribution is 7.86. The van der Waals surface area contributed by atoms with Crippen LogP contribution in [-0.4, -0.2) is 103 Å². The van der Waals surface area contributed by atoms with Crippen LogP contribution in [0, 0.1) is 22.6 Å². The Morgan fingerprint density at radius 3 is 2.59 bits per heavy atom. The van der Waals surface area contributed by atoms with Crippen molar-refractivity contribution in [2.45, 2.75) is 75.0 Å². The van der Waals surface area contributed by atoms with Gasteiger partial charge in [0.2, 0.25) is 17.7 Å². The molecule has 2 spiro atoms. The number of aromatic nitrogens is 2. The van der Waals surface area contributed by atoms with E-state index in [9.17, 15) is 37.2 Å². The third-order valence-corrected chi connectivity index (χ3v) is 13.8. The van der Waals surface area contributed by atoms with Gasteiger partial charge in [-0.25, -0.2) is 9.37 Å². The highest BCUT2D eigenvalue weighted by Crippen LogP contribution is 2.65. The van der Waals surface area contributed by atoms with Gasteiger partial charge in [0.15, 0.2) is 11.6 Å². The van der Waals surface area contributed by atoms with Gasteiger partial charge >= 0.3 is 10.1 Å². The number of anilines is 2. The number of fused-ring (bicyclic) bond motifs is 1. The smallest absolute Gasteiger partial charge is 0.306 e. The number of carbonyl (C=O) groups is 3. The van der Waals surface area contributed by atoms with Gasteiger partial charge in [0, 0.05) is 42.7 Å². The number of nitrogens with one attached hydrogen (secondary N) is 2. The lowest BCUT2D eigenvalue weighted by Crippen LogP contribution is -2.50. The first-order valence-corrected chi connectivity index (χ1v) is 22.9. The number of nitrogens with zero attached hydrogens (tertiary/aromatic N) is 5. The maximum absolute atomic E-state index is 14.7. The van der Waals surface area contributed by atoms with Crippen LogP contribution in [0.1, 0.15) is 74.5 Å². The van der Waals surface area contributed by atoms with Crippen LogP contribution in [0.3, 0.4) is 0 Å². The molecule has 1 aliphatic carbocycles. The molecular weight excluding hydrogens is 836 g/mol. The molecule has 3 atom stereocenters. The normalized spacial score (nSPS) is 23.7. The van der Waals surface area contributed by atoms with Gasteiger partial charge in [0.25, 0.3) is 5.56 Å². The van der Waals surface area contributed by atoms with Crippen LogP contribution in [0.15, 0.2) is 59.7 Å². The molecule has 4 saturated heterocycles. The Kier molecular flexibility index (Phi) is 10.9. The van der Waals surface area contributed by atoms with Gasteiger partial charge in [0.1, 0.15) is 29.2 Å². The Morgan fingerprint density at radius 2 is 1.86 bits per heavy atom. The maximum Gasteiger partial charge on any atom is 0.306 e. The van der Waals surface area contributed by atoms with Crippen LogP contribution in [0.4, 0.5) is 15.8 Å². The Bertz CT molecular complexity index is 2740. The van der Waals surface area contributed by atoms with Crippen LogP contribution in [0.5, 0.6) is 17.2 Å². The zero-order valence-corrected chi connectivity index (χ0v) is 35.4. The number of nitrogens with two attached hydrogens (primary N) is 1. The van der Waals surface area contributed by atoms with E-state index in [0.717, 1.165) is 30.7 Å². The summed E-state index contributed by atoms with van der Waals surface area (Å²) in [4.78, 5) is 59.9. The number of piperidine rings is 3. The van der Waals surface area contributed by atoms with Crippen LogP contribution >= 0.6 is 0 Å². The summed E-state index contributed by atoms with van der Waals surface area (Å²) in [7, 11) is -3.86. The molecule has 5 heterocycles. The molecule has 4 aromatic rings. The predicted molar refractivity (Wildman–Crippen MR) is 227 cm³/mol. The fourth-order valence-electron chi connectivity index (χ4n) is 9.82. The first kappa shape index (κ1) is 42.2. The van der Waals surface area contributed by atoms with Gasteiger partial charge in [-0.15, -0.1) is 0 Å². The number of benzene rings is 3. The second-order valence-electron chi connectivity index (χ2n) is 17.5. The molecule has 0 radical (unpaired) electrons. The largest absolute Gasteiger partial charge is 0.453 e. The van der Waals surface area contributed by atoms with Gasteiger partial charge in [-0.2, -0.15) is 13.7 Å². The number of ether oxygens (including phenoxy) is 2. The second kappa shape index (κ2) is 16.2. The van der Waals surface area contributed by atoms with E-state index in [2.05, 4.69) is 20.5 Å². The number of likely N-dealkylation sites (tertiary alicyclic amines) is 2. The average Bonchev–Trinajstić information content (AvgIpc) is 3.83. The van der Waals surface area contributed by atoms with Crippen LogP contribution in [0.25, 0.3) is 10.9 Å². The molecule has 63 heavy (non-hydrogen) atoms. The minimum atomic E-state index is -3.86. The van der Waals surface area contributed by atoms with Crippen molar-refractivity contribution in [1.29, 1.82) is 5.26 Å². The number of nitriles is 1. The predicted octanol–water partition coefficient (Wildman–Crippen LogP) is 3.93.